The van der Waals surface area contributed by atoms with Gasteiger partial charge in [0.2, 0.25) is 11.8 Å². The van der Waals surface area contributed by atoms with E-state index in [9.17, 15) is 14.4 Å². The van der Waals surface area contributed by atoms with Gasteiger partial charge in [-0.05, 0) is 17.5 Å². The van der Waals surface area contributed by atoms with Crippen LogP contribution in [0.1, 0.15) is 11.1 Å². The van der Waals surface area contributed by atoms with Gasteiger partial charge in [0.15, 0.2) is 0 Å². The Kier molecular flexibility index (Phi) is 8.17. The molecule has 0 radical (unpaired) electrons. The molecule has 0 saturated carbocycles. The Morgan fingerprint density at radius 1 is 0.893 bits per heavy atom. The summed E-state index contributed by atoms with van der Waals surface area (Å²) in [7, 11) is 1.24. The lowest BCUT2D eigenvalue weighted by atomic mass is 10.0. The maximum Gasteiger partial charge on any atom is 0.325 e. The summed E-state index contributed by atoms with van der Waals surface area (Å²) in [5, 5.41) is 5.18. The van der Waals surface area contributed by atoms with Crippen molar-refractivity contribution in [3.8, 4) is 0 Å². The van der Waals surface area contributed by atoms with E-state index in [1.807, 2.05) is 60.7 Å². The third kappa shape index (κ3) is 6.85. The topological polar surface area (TPSA) is 111 Å². The molecule has 0 saturated heterocycles. The zero-order chi connectivity index (χ0) is 20.4. The normalized spacial score (nSPS) is 12.5. The molecule has 7 nitrogen and oxygen atoms in total. The van der Waals surface area contributed by atoms with E-state index in [2.05, 4.69) is 15.4 Å². The van der Waals surface area contributed by atoms with Gasteiger partial charge in [-0.2, -0.15) is 0 Å². The van der Waals surface area contributed by atoms with Crippen molar-refractivity contribution in [1.29, 1.82) is 0 Å². The highest BCUT2D eigenvalue weighted by Gasteiger charge is 2.24. The Morgan fingerprint density at radius 2 is 1.43 bits per heavy atom. The number of rotatable bonds is 9. The van der Waals surface area contributed by atoms with Crippen molar-refractivity contribution in [2.75, 3.05) is 13.7 Å². The highest BCUT2D eigenvalue weighted by atomic mass is 16.5. The Hall–Kier alpha value is -3.19. The maximum absolute atomic E-state index is 12.5. The van der Waals surface area contributed by atoms with Crippen molar-refractivity contribution < 1.29 is 19.1 Å². The summed E-state index contributed by atoms with van der Waals surface area (Å²) in [5.41, 5.74) is 7.82. The van der Waals surface area contributed by atoms with Gasteiger partial charge in [-0.3, -0.25) is 14.4 Å². The van der Waals surface area contributed by atoms with Crippen LogP contribution in [0.15, 0.2) is 60.7 Å². The minimum Gasteiger partial charge on any atom is -0.468 e. The number of carbonyl (C=O) groups excluding carboxylic acids is 3. The van der Waals surface area contributed by atoms with Crippen LogP contribution >= 0.6 is 0 Å². The molecule has 0 aromatic heterocycles. The van der Waals surface area contributed by atoms with Gasteiger partial charge in [0.05, 0.1) is 13.2 Å². The molecular formula is C21H25N3O4. The van der Waals surface area contributed by atoms with Crippen molar-refractivity contribution in [2.45, 2.75) is 24.9 Å². The number of hydrogen-bond donors (Lipinski definition) is 3. The van der Waals surface area contributed by atoms with Crippen molar-refractivity contribution in [2.24, 2.45) is 5.73 Å². The van der Waals surface area contributed by atoms with Crippen LogP contribution in [-0.2, 0) is 32.0 Å². The number of hydrogen-bond acceptors (Lipinski definition) is 5. The molecule has 148 valence electrons. The van der Waals surface area contributed by atoms with E-state index in [-0.39, 0.29) is 13.0 Å². The van der Waals surface area contributed by atoms with E-state index in [1.165, 1.54) is 7.11 Å². The van der Waals surface area contributed by atoms with Crippen LogP contribution in [-0.4, -0.2) is 43.5 Å². The first-order valence-corrected chi connectivity index (χ1v) is 8.98. The molecule has 0 aliphatic carbocycles. The van der Waals surface area contributed by atoms with Crippen LogP contribution in [0, 0.1) is 0 Å². The minimum atomic E-state index is -0.860. The smallest absolute Gasteiger partial charge is 0.325 e. The zero-order valence-electron chi connectivity index (χ0n) is 15.8. The van der Waals surface area contributed by atoms with Gasteiger partial charge in [0, 0.05) is 6.42 Å². The first-order chi connectivity index (χ1) is 13.5. The quantitative estimate of drug-likeness (QED) is 0.549. The molecule has 2 aromatic rings. The summed E-state index contributed by atoms with van der Waals surface area (Å²) < 4.78 is 4.52. The Morgan fingerprint density at radius 3 is 1.96 bits per heavy atom. The van der Waals surface area contributed by atoms with Crippen LogP contribution in [0.3, 0.4) is 0 Å². The fourth-order valence-corrected chi connectivity index (χ4v) is 2.65. The summed E-state index contributed by atoms with van der Waals surface area (Å²) >= 11 is 0. The number of amides is 2. The molecule has 0 heterocycles. The van der Waals surface area contributed by atoms with E-state index >= 15 is 0 Å². The number of benzene rings is 2. The first kappa shape index (κ1) is 21.1. The number of esters is 1. The van der Waals surface area contributed by atoms with Crippen LogP contribution in [0.25, 0.3) is 0 Å². The molecule has 2 amide bonds. The van der Waals surface area contributed by atoms with Crippen LogP contribution in [0.4, 0.5) is 0 Å². The van der Waals surface area contributed by atoms with E-state index < -0.39 is 29.9 Å². The Bertz CT molecular complexity index is 781. The molecule has 0 spiro atoms. The molecule has 0 aliphatic rings. The van der Waals surface area contributed by atoms with Crippen LogP contribution in [0.2, 0.25) is 0 Å². The number of nitrogens with one attached hydrogen (secondary N) is 2. The molecule has 2 aromatic carbocycles. The molecule has 7 heteroatoms. The van der Waals surface area contributed by atoms with Gasteiger partial charge in [-0.1, -0.05) is 60.7 Å². The largest absolute Gasteiger partial charge is 0.468 e. The van der Waals surface area contributed by atoms with Gasteiger partial charge in [0.1, 0.15) is 12.6 Å². The maximum atomic E-state index is 12.5. The van der Waals surface area contributed by atoms with Crippen LogP contribution in [0.5, 0.6) is 0 Å². The van der Waals surface area contributed by atoms with Crippen LogP contribution < -0.4 is 16.4 Å². The van der Waals surface area contributed by atoms with Gasteiger partial charge in [0.25, 0.3) is 0 Å². The lowest BCUT2D eigenvalue weighted by molar-refractivity contribution is -0.141. The summed E-state index contributed by atoms with van der Waals surface area (Å²) in [5.74, 6) is -1.48. The van der Waals surface area contributed by atoms with Crippen molar-refractivity contribution in [3.63, 3.8) is 0 Å². The molecule has 0 bridgehead atoms. The Labute approximate surface area is 164 Å². The van der Waals surface area contributed by atoms with E-state index in [4.69, 9.17) is 5.73 Å². The summed E-state index contributed by atoms with van der Waals surface area (Å²) in [6.07, 6.45) is 0.631. The fraction of sp³-hybridized carbons (Fsp3) is 0.286. The number of carbonyl (C=O) groups is 3. The summed E-state index contributed by atoms with van der Waals surface area (Å²) in [4.78, 5) is 36.3. The molecule has 0 unspecified atom stereocenters. The minimum absolute atomic E-state index is 0.271. The number of nitrogens with two attached hydrogens (primary N) is 1. The predicted octanol–water partition coefficient (Wildman–Crippen LogP) is 0.573. The lowest BCUT2D eigenvalue weighted by Crippen LogP contribution is -2.53. The average Bonchev–Trinajstić information content (AvgIpc) is 2.72. The van der Waals surface area contributed by atoms with Gasteiger partial charge in [-0.25, -0.2) is 0 Å². The number of methoxy groups -OCH3 is 1. The van der Waals surface area contributed by atoms with Crippen molar-refractivity contribution in [1.82, 2.24) is 10.6 Å². The number of ether oxygens (including phenoxy) is 1. The van der Waals surface area contributed by atoms with Gasteiger partial charge in [-0.15, -0.1) is 0 Å². The van der Waals surface area contributed by atoms with Gasteiger partial charge < -0.3 is 21.1 Å². The highest BCUT2D eigenvalue weighted by Crippen LogP contribution is 2.06. The molecule has 4 N–H and O–H groups in total. The highest BCUT2D eigenvalue weighted by molar-refractivity contribution is 5.91. The summed E-state index contributed by atoms with van der Waals surface area (Å²) in [6, 6.07) is 17.0. The fourth-order valence-electron chi connectivity index (χ4n) is 2.65. The molecule has 28 heavy (non-hydrogen) atoms. The van der Waals surface area contributed by atoms with E-state index in [0.29, 0.717) is 6.42 Å². The Balaban J connectivity index is 2.03. The standard InChI is InChI=1S/C21H25N3O4/c1-28-19(25)14-23-21(27)18(13-16-10-6-3-7-11-16)24-20(26)17(22)12-15-8-4-2-5-9-15/h2-11,17-18H,12-14,22H2,1H3,(H,23,27)(H,24,26)/t17-,18-/m0/s1. The van der Waals surface area contributed by atoms with E-state index in [0.717, 1.165) is 11.1 Å². The SMILES string of the molecule is COC(=O)CNC(=O)[C@H](Cc1ccccc1)NC(=O)[C@@H](N)Cc1ccccc1. The molecule has 0 fully saturated rings. The zero-order valence-corrected chi connectivity index (χ0v) is 15.8. The van der Waals surface area contributed by atoms with Gasteiger partial charge >= 0.3 is 5.97 Å². The molecule has 2 atom stereocenters. The average molecular weight is 383 g/mol. The molecular weight excluding hydrogens is 358 g/mol. The predicted molar refractivity (Wildman–Crippen MR) is 105 cm³/mol. The monoisotopic (exact) mass is 383 g/mol. The summed E-state index contributed by atoms with van der Waals surface area (Å²) in [6.45, 7) is -0.271. The molecule has 2 rings (SSSR count). The van der Waals surface area contributed by atoms with Crippen molar-refractivity contribution >= 4 is 17.8 Å². The second kappa shape index (κ2) is 10.8. The second-order valence-corrected chi connectivity index (χ2v) is 6.34. The lowest BCUT2D eigenvalue weighted by Gasteiger charge is -2.21. The van der Waals surface area contributed by atoms with Crippen molar-refractivity contribution in [3.05, 3.63) is 71.8 Å². The second-order valence-electron chi connectivity index (χ2n) is 6.34. The first-order valence-electron chi connectivity index (χ1n) is 8.98. The third-order valence-corrected chi connectivity index (χ3v) is 4.19. The molecule has 0 aliphatic heterocycles. The third-order valence-electron chi connectivity index (χ3n) is 4.19. The van der Waals surface area contributed by atoms with E-state index in [1.54, 1.807) is 0 Å².